The van der Waals surface area contributed by atoms with Crippen LogP contribution in [0.25, 0.3) is 0 Å². The molecular formula is C29H30F4N2O4. The molecule has 39 heavy (non-hydrogen) atoms. The zero-order valence-electron chi connectivity index (χ0n) is 21.4. The van der Waals surface area contributed by atoms with Gasteiger partial charge in [0.15, 0.2) is 0 Å². The number of nitrogens with zero attached hydrogens (tertiary/aromatic N) is 1. The van der Waals surface area contributed by atoms with E-state index in [0.29, 0.717) is 13.0 Å². The second kappa shape index (κ2) is 12.9. The molecule has 0 radical (unpaired) electrons. The monoisotopic (exact) mass is 546 g/mol. The van der Waals surface area contributed by atoms with Crippen LogP contribution in [0, 0.1) is 29.0 Å². The van der Waals surface area contributed by atoms with Crippen LogP contribution in [0.4, 0.5) is 17.6 Å². The molecule has 6 nitrogen and oxygen atoms in total. The first-order chi connectivity index (χ1) is 18.4. The van der Waals surface area contributed by atoms with Crippen molar-refractivity contribution in [3.05, 3.63) is 71.5 Å². The number of alkyl halides is 3. The number of halogens is 4. The van der Waals surface area contributed by atoms with Gasteiger partial charge in [0.05, 0.1) is 5.41 Å². The van der Waals surface area contributed by atoms with Gasteiger partial charge in [0.25, 0.3) is 0 Å². The molecule has 4 rings (SSSR count). The van der Waals surface area contributed by atoms with Gasteiger partial charge in [-0.25, -0.2) is 9.18 Å². The molecule has 2 heterocycles. The van der Waals surface area contributed by atoms with E-state index in [1.807, 2.05) is 30.3 Å². The summed E-state index contributed by atoms with van der Waals surface area (Å²) in [5, 5.41) is 10.2. The van der Waals surface area contributed by atoms with Crippen LogP contribution >= 0.6 is 0 Å². The third-order valence-corrected chi connectivity index (χ3v) is 7.07. The highest BCUT2D eigenvalue weighted by atomic mass is 19.4. The standard InChI is InChI=1S/C27H29FN2O2.C2HF3O2/c1-20(17-24(31)12-7-21-5-3-2-4-6-21)19-30-15-13-27(14-16-30)25(18-29-26(27)32)22-8-10-23(28)11-9-22;3-2(4,5)1(6)7/h2-6,8-11,20,25H,13-19H2,1H3,(H,29,32);(H,6,7)/t20-,25-;/m1./s1. The molecule has 2 aromatic carbocycles. The number of rotatable bonds is 5. The summed E-state index contributed by atoms with van der Waals surface area (Å²) < 4.78 is 45.1. The van der Waals surface area contributed by atoms with Crippen LogP contribution in [0.15, 0.2) is 54.6 Å². The Kier molecular flexibility index (Phi) is 9.86. The normalized spacial score (nSPS) is 19.2. The van der Waals surface area contributed by atoms with Crippen molar-refractivity contribution in [1.29, 1.82) is 0 Å². The third kappa shape index (κ3) is 8.14. The Morgan fingerprint density at radius 1 is 1.10 bits per heavy atom. The van der Waals surface area contributed by atoms with E-state index >= 15 is 0 Å². The lowest BCUT2D eigenvalue weighted by Gasteiger charge is -2.41. The van der Waals surface area contributed by atoms with Crippen molar-refractivity contribution < 1.29 is 37.1 Å². The molecule has 0 aliphatic carbocycles. The van der Waals surface area contributed by atoms with Gasteiger partial charge in [0.2, 0.25) is 11.7 Å². The highest BCUT2D eigenvalue weighted by Crippen LogP contribution is 2.47. The number of amides is 1. The van der Waals surface area contributed by atoms with E-state index in [-0.39, 0.29) is 29.3 Å². The van der Waals surface area contributed by atoms with Crippen LogP contribution in [0.5, 0.6) is 0 Å². The predicted octanol–water partition coefficient (Wildman–Crippen LogP) is 4.40. The molecule has 2 aromatic rings. The molecule has 0 aromatic heterocycles. The number of carboxylic acid groups (broad SMARTS) is 1. The molecule has 1 amide bonds. The molecule has 2 fully saturated rings. The SMILES string of the molecule is C[C@H](CC(=O)C#Cc1ccccc1)CN1CCC2(CC1)C(=O)NC[C@@H]2c1ccc(F)cc1.O=C(O)C(F)(F)F. The maximum absolute atomic E-state index is 13.4. The maximum atomic E-state index is 13.4. The average molecular weight is 547 g/mol. The summed E-state index contributed by atoms with van der Waals surface area (Å²) in [5.74, 6) is 3.02. The highest BCUT2D eigenvalue weighted by Gasteiger charge is 2.51. The summed E-state index contributed by atoms with van der Waals surface area (Å²) in [7, 11) is 0. The van der Waals surface area contributed by atoms with Gasteiger partial charge >= 0.3 is 12.1 Å². The van der Waals surface area contributed by atoms with Crippen LogP contribution in [0.2, 0.25) is 0 Å². The van der Waals surface area contributed by atoms with Crippen molar-refractivity contribution in [3.63, 3.8) is 0 Å². The zero-order valence-corrected chi connectivity index (χ0v) is 21.4. The molecule has 0 bridgehead atoms. The van der Waals surface area contributed by atoms with Crippen LogP contribution in [-0.2, 0) is 14.4 Å². The lowest BCUT2D eigenvalue weighted by molar-refractivity contribution is -0.192. The van der Waals surface area contributed by atoms with E-state index < -0.39 is 17.6 Å². The molecule has 2 aliphatic rings. The van der Waals surface area contributed by atoms with Crippen molar-refractivity contribution in [2.24, 2.45) is 11.3 Å². The Morgan fingerprint density at radius 3 is 2.26 bits per heavy atom. The molecule has 1 spiro atoms. The van der Waals surface area contributed by atoms with E-state index in [1.54, 1.807) is 12.1 Å². The van der Waals surface area contributed by atoms with Gasteiger partial charge in [-0.05, 0) is 67.6 Å². The maximum Gasteiger partial charge on any atom is 0.490 e. The van der Waals surface area contributed by atoms with E-state index in [1.165, 1.54) is 12.1 Å². The van der Waals surface area contributed by atoms with Crippen molar-refractivity contribution in [2.75, 3.05) is 26.2 Å². The largest absolute Gasteiger partial charge is 0.490 e. The quantitative estimate of drug-likeness (QED) is 0.429. The second-order valence-electron chi connectivity index (χ2n) is 9.92. The Balaban J connectivity index is 0.000000532. The first kappa shape index (κ1) is 29.8. The highest BCUT2D eigenvalue weighted by molar-refractivity contribution is 5.96. The summed E-state index contributed by atoms with van der Waals surface area (Å²) in [5.41, 5.74) is 1.45. The number of hydrogen-bond acceptors (Lipinski definition) is 4. The van der Waals surface area contributed by atoms with E-state index in [0.717, 1.165) is 43.6 Å². The average Bonchev–Trinajstić information content (AvgIpc) is 3.20. The van der Waals surface area contributed by atoms with Gasteiger partial charge in [-0.2, -0.15) is 13.2 Å². The minimum absolute atomic E-state index is 0.0404. The summed E-state index contributed by atoms with van der Waals surface area (Å²) in [6, 6.07) is 16.1. The first-order valence-corrected chi connectivity index (χ1v) is 12.6. The van der Waals surface area contributed by atoms with Gasteiger partial charge in [0, 0.05) is 31.0 Å². The second-order valence-corrected chi connectivity index (χ2v) is 9.92. The Bertz CT molecular complexity index is 1210. The molecule has 2 aliphatic heterocycles. The van der Waals surface area contributed by atoms with Crippen LogP contribution in [0.1, 0.15) is 43.2 Å². The molecule has 208 valence electrons. The summed E-state index contributed by atoms with van der Waals surface area (Å²) >= 11 is 0. The number of likely N-dealkylation sites (tertiary alicyclic amines) is 1. The van der Waals surface area contributed by atoms with Crippen molar-refractivity contribution in [2.45, 2.75) is 38.3 Å². The number of aliphatic carboxylic acids is 1. The summed E-state index contributed by atoms with van der Waals surface area (Å²) in [6.07, 6.45) is -3.11. The summed E-state index contributed by atoms with van der Waals surface area (Å²) in [4.78, 5) is 36.3. The van der Waals surface area contributed by atoms with Crippen LogP contribution in [0.3, 0.4) is 0 Å². The Hall–Kier alpha value is -3.71. The molecule has 2 atom stereocenters. The number of carbonyl (C=O) groups is 3. The molecule has 0 unspecified atom stereocenters. The molecule has 0 saturated carbocycles. The molecule has 2 saturated heterocycles. The Morgan fingerprint density at radius 2 is 1.69 bits per heavy atom. The van der Waals surface area contributed by atoms with Gasteiger partial charge in [-0.1, -0.05) is 43.2 Å². The summed E-state index contributed by atoms with van der Waals surface area (Å²) in [6.45, 7) is 5.14. The molecular weight excluding hydrogens is 516 g/mol. The van der Waals surface area contributed by atoms with Crippen LogP contribution < -0.4 is 5.32 Å². The smallest absolute Gasteiger partial charge is 0.475 e. The van der Waals surface area contributed by atoms with Gasteiger partial charge < -0.3 is 15.3 Å². The lowest BCUT2D eigenvalue weighted by atomic mass is 9.68. The van der Waals surface area contributed by atoms with Crippen molar-refractivity contribution in [1.82, 2.24) is 10.2 Å². The first-order valence-electron chi connectivity index (χ1n) is 12.6. The number of carboxylic acids is 1. The topological polar surface area (TPSA) is 86.7 Å². The lowest BCUT2D eigenvalue weighted by Crippen LogP contribution is -2.47. The number of Topliss-reactive ketones (excluding diaryl/α,β-unsaturated/α-hetero) is 1. The molecule has 10 heteroatoms. The van der Waals surface area contributed by atoms with E-state index in [9.17, 15) is 27.2 Å². The number of carbonyl (C=O) groups excluding carboxylic acids is 2. The number of benzene rings is 2. The number of nitrogens with one attached hydrogen (secondary N) is 1. The fraction of sp³-hybridized carbons (Fsp3) is 0.414. The minimum atomic E-state index is -5.08. The van der Waals surface area contributed by atoms with Gasteiger partial charge in [-0.15, -0.1) is 0 Å². The Labute approximate surface area is 224 Å². The minimum Gasteiger partial charge on any atom is -0.475 e. The zero-order chi connectivity index (χ0) is 28.6. The number of hydrogen-bond donors (Lipinski definition) is 2. The van der Waals surface area contributed by atoms with E-state index in [2.05, 4.69) is 29.0 Å². The van der Waals surface area contributed by atoms with E-state index in [4.69, 9.17) is 9.90 Å². The predicted molar refractivity (Wildman–Crippen MR) is 136 cm³/mol. The van der Waals surface area contributed by atoms with Gasteiger partial charge in [-0.3, -0.25) is 9.59 Å². The fourth-order valence-electron chi connectivity index (χ4n) is 5.10. The van der Waals surface area contributed by atoms with Crippen molar-refractivity contribution in [3.8, 4) is 11.8 Å². The molecule has 2 N–H and O–H groups in total. The fourth-order valence-corrected chi connectivity index (χ4v) is 5.10. The van der Waals surface area contributed by atoms with Crippen molar-refractivity contribution >= 4 is 17.7 Å². The van der Waals surface area contributed by atoms with Gasteiger partial charge in [0.1, 0.15) is 5.82 Å². The third-order valence-electron chi connectivity index (χ3n) is 7.07. The number of ketones is 1. The van der Waals surface area contributed by atoms with Crippen LogP contribution in [-0.4, -0.2) is 60.0 Å². The number of piperidine rings is 1.